The van der Waals surface area contributed by atoms with Gasteiger partial charge in [-0.05, 0) is 19.3 Å². The van der Waals surface area contributed by atoms with E-state index in [1.807, 2.05) is 0 Å². The highest BCUT2D eigenvalue weighted by Gasteiger charge is 2.29. The van der Waals surface area contributed by atoms with Gasteiger partial charge in [0.05, 0.1) is 0 Å². The summed E-state index contributed by atoms with van der Waals surface area (Å²) in [7, 11) is 0. The summed E-state index contributed by atoms with van der Waals surface area (Å²) in [5.41, 5.74) is 5.86. The van der Waals surface area contributed by atoms with Crippen LogP contribution in [0.2, 0.25) is 0 Å². The zero-order valence-electron chi connectivity index (χ0n) is 16.3. The Kier molecular flexibility index (Phi) is 11.8. The van der Waals surface area contributed by atoms with E-state index in [1.165, 1.54) is 6.92 Å². The molecule has 8 heteroatoms. The SMILES string of the molecule is CCCCCCC[C@@H](N)[C@H](O)C(=O)N[C@@H](C)C(=O)N[C@H](C(=O)O)C(C)C. The Balaban J connectivity index is 4.41. The van der Waals surface area contributed by atoms with Gasteiger partial charge in [0.25, 0.3) is 5.91 Å². The van der Waals surface area contributed by atoms with Crippen LogP contribution in [-0.2, 0) is 14.4 Å². The summed E-state index contributed by atoms with van der Waals surface area (Å²) in [5, 5.41) is 23.9. The van der Waals surface area contributed by atoms with Crippen LogP contribution in [-0.4, -0.2) is 52.2 Å². The van der Waals surface area contributed by atoms with Gasteiger partial charge in [-0.25, -0.2) is 4.79 Å². The summed E-state index contributed by atoms with van der Waals surface area (Å²) in [4.78, 5) is 35.2. The molecule has 0 aliphatic heterocycles. The van der Waals surface area contributed by atoms with Crippen molar-refractivity contribution in [1.29, 1.82) is 0 Å². The maximum Gasteiger partial charge on any atom is 0.326 e. The lowest BCUT2D eigenvalue weighted by Crippen LogP contribution is -2.55. The number of aliphatic hydroxyl groups is 1. The molecule has 0 heterocycles. The molecule has 0 saturated heterocycles. The second kappa shape index (κ2) is 12.6. The Morgan fingerprint density at radius 2 is 1.54 bits per heavy atom. The minimum Gasteiger partial charge on any atom is -0.480 e. The number of aliphatic hydroxyl groups excluding tert-OH is 1. The molecule has 2 amide bonds. The lowest BCUT2D eigenvalue weighted by molar-refractivity contribution is -0.143. The summed E-state index contributed by atoms with van der Waals surface area (Å²) in [6, 6.07) is -2.72. The summed E-state index contributed by atoms with van der Waals surface area (Å²) in [6.07, 6.45) is 4.33. The Hall–Kier alpha value is -1.67. The van der Waals surface area contributed by atoms with E-state index in [9.17, 15) is 19.5 Å². The highest BCUT2D eigenvalue weighted by Crippen LogP contribution is 2.09. The monoisotopic (exact) mass is 373 g/mol. The molecule has 0 spiro atoms. The number of aliphatic carboxylic acids is 1. The fourth-order valence-corrected chi connectivity index (χ4v) is 2.49. The van der Waals surface area contributed by atoms with E-state index in [2.05, 4.69) is 17.6 Å². The van der Waals surface area contributed by atoms with Crippen LogP contribution in [0.15, 0.2) is 0 Å². The van der Waals surface area contributed by atoms with Crippen molar-refractivity contribution in [2.45, 2.75) is 90.4 Å². The second-order valence-corrected chi connectivity index (χ2v) is 7.11. The standard InChI is InChI=1S/C18H35N3O5/c1-5-6-7-8-9-10-13(19)15(22)17(24)20-12(4)16(23)21-14(11(2)3)18(25)26/h11-15,22H,5-10,19H2,1-4H3,(H,20,24)(H,21,23)(H,25,26)/t12-,13+,14-,15-/m0/s1. The van der Waals surface area contributed by atoms with E-state index in [-0.39, 0.29) is 5.92 Å². The minimum absolute atomic E-state index is 0.300. The molecular weight excluding hydrogens is 338 g/mol. The van der Waals surface area contributed by atoms with Gasteiger partial charge in [0.15, 0.2) is 0 Å². The number of carbonyl (C=O) groups excluding carboxylic acids is 2. The molecule has 152 valence electrons. The topological polar surface area (TPSA) is 142 Å². The molecule has 0 aromatic rings. The third-order valence-corrected chi connectivity index (χ3v) is 4.30. The maximum atomic E-state index is 12.1. The predicted octanol–water partition coefficient (Wildman–Crippen LogP) is 0.765. The Bertz CT molecular complexity index is 456. The quantitative estimate of drug-likeness (QED) is 0.302. The molecule has 26 heavy (non-hydrogen) atoms. The van der Waals surface area contributed by atoms with Crippen LogP contribution in [0.3, 0.4) is 0 Å². The number of carbonyl (C=O) groups is 3. The van der Waals surface area contributed by atoms with Gasteiger partial charge in [-0.2, -0.15) is 0 Å². The molecule has 6 N–H and O–H groups in total. The van der Waals surface area contributed by atoms with Crippen LogP contribution < -0.4 is 16.4 Å². The smallest absolute Gasteiger partial charge is 0.326 e. The van der Waals surface area contributed by atoms with Crippen molar-refractivity contribution in [1.82, 2.24) is 10.6 Å². The summed E-state index contributed by atoms with van der Waals surface area (Å²) < 4.78 is 0. The van der Waals surface area contributed by atoms with Gasteiger partial charge in [0.1, 0.15) is 18.2 Å². The van der Waals surface area contributed by atoms with Gasteiger partial charge in [-0.3, -0.25) is 9.59 Å². The highest BCUT2D eigenvalue weighted by molar-refractivity contribution is 5.91. The molecule has 8 nitrogen and oxygen atoms in total. The van der Waals surface area contributed by atoms with Gasteiger partial charge >= 0.3 is 5.97 Å². The first kappa shape index (κ1) is 24.3. The predicted molar refractivity (Wildman–Crippen MR) is 99.4 cm³/mol. The first-order chi connectivity index (χ1) is 12.1. The molecule has 0 aromatic heterocycles. The summed E-state index contributed by atoms with van der Waals surface area (Å²) >= 11 is 0. The normalized spacial score (nSPS) is 15.8. The number of carboxylic acids is 1. The van der Waals surface area contributed by atoms with Crippen molar-refractivity contribution in [3.8, 4) is 0 Å². The van der Waals surface area contributed by atoms with E-state index in [0.717, 1.165) is 32.1 Å². The fraction of sp³-hybridized carbons (Fsp3) is 0.833. The molecule has 0 aliphatic rings. The van der Waals surface area contributed by atoms with E-state index in [1.54, 1.807) is 13.8 Å². The number of hydrogen-bond acceptors (Lipinski definition) is 5. The average molecular weight is 373 g/mol. The van der Waals surface area contributed by atoms with Crippen molar-refractivity contribution >= 4 is 17.8 Å². The van der Waals surface area contributed by atoms with Gasteiger partial charge < -0.3 is 26.6 Å². The van der Waals surface area contributed by atoms with Crippen molar-refractivity contribution in [3.05, 3.63) is 0 Å². The van der Waals surface area contributed by atoms with Crippen molar-refractivity contribution in [2.75, 3.05) is 0 Å². The molecule has 4 atom stereocenters. The van der Waals surface area contributed by atoms with Crippen molar-refractivity contribution in [2.24, 2.45) is 11.7 Å². The number of unbranched alkanes of at least 4 members (excludes halogenated alkanes) is 4. The number of rotatable bonds is 13. The highest BCUT2D eigenvalue weighted by atomic mass is 16.4. The molecule has 0 fully saturated rings. The lowest BCUT2D eigenvalue weighted by Gasteiger charge is -2.23. The van der Waals surface area contributed by atoms with Crippen LogP contribution in [0.25, 0.3) is 0 Å². The van der Waals surface area contributed by atoms with Gasteiger partial charge in [-0.15, -0.1) is 0 Å². The zero-order chi connectivity index (χ0) is 20.3. The number of nitrogens with two attached hydrogens (primary N) is 1. The van der Waals surface area contributed by atoms with Crippen molar-refractivity contribution < 1.29 is 24.6 Å². The lowest BCUT2D eigenvalue weighted by atomic mass is 10.0. The molecule has 0 rings (SSSR count). The fourth-order valence-electron chi connectivity index (χ4n) is 2.49. The molecular formula is C18H35N3O5. The molecule has 0 radical (unpaired) electrons. The molecule has 0 aliphatic carbocycles. The van der Waals surface area contributed by atoms with Gasteiger partial charge in [0.2, 0.25) is 5.91 Å². The molecule has 0 saturated carbocycles. The van der Waals surface area contributed by atoms with Crippen LogP contribution >= 0.6 is 0 Å². The van der Waals surface area contributed by atoms with Gasteiger partial charge in [0, 0.05) is 6.04 Å². The average Bonchev–Trinajstić information content (AvgIpc) is 2.57. The van der Waals surface area contributed by atoms with Crippen molar-refractivity contribution in [3.63, 3.8) is 0 Å². The van der Waals surface area contributed by atoms with Gasteiger partial charge in [-0.1, -0.05) is 52.9 Å². The van der Waals surface area contributed by atoms with E-state index in [4.69, 9.17) is 10.8 Å². The largest absolute Gasteiger partial charge is 0.480 e. The van der Waals surface area contributed by atoms with E-state index >= 15 is 0 Å². The number of nitrogens with one attached hydrogen (secondary N) is 2. The molecule has 0 aromatic carbocycles. The maximum absolute atomic E-state index is 12.1. The number of carboxylic acid groups (broad SMARTS) is 1. The second-order valence-electron chi connectivity index (χ2n) is 7.11. The van der Waals surface area contributed by atoms with E-state index in [0.29, 0.717) is 6.42 Å². The number of amides is 2. The third kappa shape index (κ3) is 9.15. The van der Waals surface area contributed by atoms with Crippen LogP contribution in [0, 0.1) is 5.92 Å². The zero-order valence-corrected chi connectivity index (χ0v) is 16.3. The molecule has 0 bridgehead atoms. The Morgan fingerprint density at radius 3 is 2.04 bits per heavy atom. The third-order valence-electron chi connectivity index (χ3n) is 4.30. The molecule has 0 unspecified atom stereocenters. The minimum atomic E-state index is -1.41. The Morgan fingerprint density at radius 1 is 0.962 bits per heavy atom. The number of hydrogen-bond donors (Lipinski definition) is 5. The summed E-state index contributed by atoms with van der Waals surface area (Å²) in [6.45, 7) is 6.89. The van der Waals surface area contributed by atoms with Crippen LogP contribution in [0.4, 0.5) is 0 Å². The summed E-state index contributed by atoms with van der Waals surface area (Å²) in [5.74, 6) is -2.80. The Labute approximate surface area is 155 Å². The van der Waals surface area contributed by atoms with E-state index < -0.39 is 42.0 Å². The first-order valence-corrected chi connectivity index (χ1v) is 9.38. The van der Waals surface area contributed by atoms with Crippen LogP contribution in [0.5, 0.6) is 0 Å². The first-order valence-electron chi connectivity index (χ1n) is 9.38. The van der Waals surface area contributed by atoms with Crippen LogP contribution in [0.1, 0.15) is 66.2 Å².